The van der Waals surface area contributed by atoms with E-state index in [4.69, 9.17) is 10.5 Å². The number of guanidine groups is 1. The van der Waals surface area contributed by atoms with Gasteiger partial charge in [0.1, 0.15) is 27.7 Å². The zero-order chi connectivity index (χ0) is 25.6. The van der Waals surface area contributed by atoms with Gasteiger partial charge in [-0.1, -0.05) is 42.1 Å². The number of carbonyl (C=O) groups is 2. The molecule has 0 spiro atoms. The third-order valence-electron chi connectivity index (χ3n) is 5.35. The van der Waals surface area contributed by atoms with Gasteiger partial charge in [0.05, 0.1) is 0 Å². The van der Waals surface area contributed by atoms with Crippen molar-refractivity contribution in [2.75, 3.05) is 13.7 Å². The summed E-state index contributed by atoms with van der Waals surface area (Å²) in [6, 6.07) is 12.3. The van der Waals surface area contributed by atoms with Crippen LogP contribution in [0.15, 0.2) is 58.6 Å². The van der Waals surface area contributed by atoms with Crippen LogP contribution in [-0.2, 0) is 19.2 Å². The van der Waals surface area contributed by atoms with Crippen LogP contribution in [0.4, 0.5) is 8.78 Å². The summed E-state index contributed by atoms with van der Waals surface area (Å²) in [4.78, 5) is 27.6. The van der Waals surface area contributed by atoms with Crippen molar-refractivity contribution in [2.24, 2.45) is 15.8 Å². The highest BCUT2D eigenvalue weighted by Gasteiger charge is 2.49. The molecule has 1 aliphatic rings. The minimum atomic E-state index is -1.07. The highest BCUT2D eigenvalue weighted by Crippen LogP contribution is 2.51. The molecule has 1 aliphatic heterocycles. The van der Waals surface area contributed by atoms with Gasteiger partial charge in [-0.15, -0.1) is 0 Å². The zero-order valence-corrected chi connectivity index (χ0v) is 20.4. The smallest absolute Gasteiger partial charge is 0.273 e. The van der Waals surface area contributed by atoms with Crippen molar-refractivity contribution in [2.45, 2.75) is 37.7 Å². The van der Waals surface area contributed by atoms with E-state index in [2.05, 4.69) is 15.4 Å². The monoisotopic (exact) mass is 503 g/mol. The Morgan fingerprint density at radius 2 is 1.97 bits per heavy atom. The van der Waals surface area contributed by atoms with Crippen LogP contribution in [-0.4, -0.2) is 47.6 Å². The van der Waals surface area contributed by atoms with Crippen LogP contribution in [0.25, 0.3) is 0 Å². The predicted molar refractivity (Wildman–Crippen MR) is 131 cm³/mol. The molecular weight excluding hydrogens is 476 g/mol. The van der Waals surface area contributed by atoms with Gasteiger partial charge in [-0.25, -0.2) is 13.8 Å². The fourth-order valence-electron chi connectivity index (χ4n) is 3.58. The van der Waals surface area contributed by atoms with Gasteiger partial charge < -0.3 is 10.5 Å². The molecule has 2 atom stereocenters. The summed E-state index contributed by atoms with van der Waals surface area (Å²) in [6.07, 6.45) is -0.0283. The summed E-state index contributed by atoms with van der Waals surface area (Å²) in [6.45, 7) is 3.18. The van der Waals surface area contributed by atoms with Crippen molar-refractivity contribution in [3.63, 3.8) is 0 Å². The van der Waals surface area contributed by atoms with Crippen LogP contribution in [0.5, 0.6) is 0 Å². The number of nitrogens with one attached hydrogen (secondary N) is 1. The van der Waals surface area contributed by atoms with E-state index in [-0.39, 0.29) is 29.0 Å². The Kier molecular flexibility index (Phi) is 8.57. The van der Waals surface area contributed by atoms with Gasteiger partial charge in [0.2, 0.25) is 5.91 Å². The van der Waals surface area contributed by atoms with Crippen LogP contribution in [0.2, 0.25) is 0 Å². The molecule has 0 saturated heterocycles. The van der Waals surface area contributed by atoms with E-state index < -0.39 is 28.5 Å². The van der Waals surface area contributed by atoms with E-state index in [1.165, 1.54) is 19.0 Å². The molecule has 0 radical (unpaired) electrons. The lowest BCUT2D eigenvalue weighted by molar-refractivity contribution is -0.144. The molecule has 2 amide bonds. The van der Waals surface area contributed by atoms with Crippen LogP contribution in [0, 0.1) is 11.6 Å². The molecule has 1 heterocycles. The fraction of sp³-hybridized carbons (Fsp3) is 0.333. The number of ether oxygens (including phenoxy) is 1. The summed E-state index contributed by atoms with van der Waals surface area (Å²) < 4.78 is 33.9. The van der Waals surface area contributed by atoms with E-state index >= 15 is 0 Å². The molecule has 2 aromatic carbocycles. The normalized spacial score (nSPS) is 18.8. The van der Waals surface area contributed by atoms with Gasteiger partial charge in [0.25, 0.3) is 5.91 Å². The van der Waals surface area contributed by atoms with Gasteiger partial charge >= 0.3 is 0 Å². The lowest BCUT2D eigenvalue weighted by Crippen LogP contribution is -2.45. The number of aliphatic imine (C=N–C) groups is 1. The van der Waals surface area contributed by atoms with E-state index in [9.17, 15) is 18.4 Å². The van der Waals surface area contributed by atoms with Crippen molar-refractivity contribution in [1.82, 2.24) is 10.3 Å². The van der Waals surface area contributed by atoms with Crippen LogP contribution in [0.1, 0.15) is 37.8 Å². The number of hydrazone groups is 1. The van der Waals surface area contributed by atoms with Gasteiger partial charge in [-0.2, -0.15) is 5.10 Å². The van der Waals surface area contributed by atoms with Crippen LogP contribution < -0.4 is 11.1 Å². The lowest BCUT2D eigenvalue weighted by Gasteiger charge is -2.36. The predicted octanol–water partition coefficient (Wildman–Crippen LogP) is 3.32. The number of rotatable bonds is 8. The van der Waals surface area contributed by atoms with Gasteiger partial charge in [0, 0.05) is 26.1 Å². The Balaban J connectivity index is 2.03. The molecule has 8 nitrogen and oxygen atoms in total. The number of nitrogens with two attached hydrogens (primary N) is 1. The molecule has 3 N–H and O–H groups in total. The average Bonchev–Trinajstić information content (AvgIpc) is 3.23. The standard InChI is InChI=1S/C24H27F2N5O3S/c1-15(34-3)22(33)31-24(17-8-5-4-6-9-17,12-7-13-28-23(27)29-16(2)32)35-21(30-31)19-14-18(25)10-11-20(19)26/h4-6,8-11,14-15H,7,12-13H2,1-3H3,(H3,27,28,29,32)/t15-,24?/m0/s1. The second kappa shape index (κ2) is 11.4. The number of hydrogen-bond donors (Lipinski definition) is 2. The molecule has 35 heavy (non-hydrogen) atoms. The van der Waals surface area contributed by atoms with Crippen LogP contribution >= 0.6 is 11.8 Å². The van der Waals surface area contributed by atoms with Gasteiger partial charge in [0.15, 0.2) is 5.96 Å². The fourth-order valence-corrected chi connectivity index (χ4v) is 5.01. The molecule has 2 aromatic rings. The molecule has 0 bridgehead atoms. The van der Waals surface area contributed by atoms with Crippen molar-refractivity contribution >= 4 is 34.6 Å². The Bertz CT molecular complexity index is 1150. The molecule has 3 rings (SSSR count). The quantitative estimate of drug-likeness (QED) is 0.326. The second-order valence-electron chi connectivity index (χ2n) is 7.86. The number of amides is 2. The molecule has 0 aliphatic carbocycles. The topological polar surface area (TPSA) is 109 Å². The number of benzene rings is 2. The lowest BCUT2D eigenvalue weighted by atomic mass is 9.99. The summed E-state index contributed by atoms with van der Waals surface area (Å²) in [5, 5.41) is 8.34. The molecule has 0 saturated carbocycles. The Morgan fingerprint density at radius 1 is 1.26 bits per heavy atom. The van der Waals surface area contributed by atoms with E-state index in [1.807, 2.05) is 30.3 Å². The Morgan fingerprint density at radius 3 is 2.63 bits per heavy atom. The largest absolute Gasteiger partial charge is 0.372 e. The minimum absolute atomic E-state index is 0.00922. The molecule has 0 fully saturated rings. The Hall–Kier alpha value is -3.31. The molecule has 1 unspecified atom stereocenters. The minimum Gasteiger partial charge on any atom is -0.372 e. The third kappa shape index (κ3) is 6.04. The second-order valence-corrected chi connectivity index (χ2v) is 9.13. The first-order valence-electron chi connectivity index (χ1n) is 10.9. The first kappa shape index (κ1) is 26.3. The summed E-state index contributed by atoms with van der Waals surface area (Å²) in [5.41, 5.74) is 6.42. The highest BCUT2D eigenvalue weighted by atomic mass is 32.2. The third-order valence-corrected chi connectivity index (χ3v) is 6.80. The summed E-state index contributed by atoms with van der Waals surface area (Å²) >= 11 is 1.16. The number of hydrogen-bond acceptors (Lipinski definition) is 6. The van der Waals surface area contributed by atoms with E-state index in [0.29, 0.717) is 12.8 Å². The number of halogens is 2. The number of nitrogens with zero attached hydrogens (tertiary/aromatic N) is 3. The average molecular weight is 504 g/mol. The zero-order valence-electron chi connectivity index (χ0n) is 19.6. The van der Waals surface area contributed by atoms with E-state index in [0.717, 1.165) is 35.5 Å². The van der Waals surface area contributed by atoms with Gasteiger partial charge in [-0.05, 0) is 43.5 Å². The number of carbonyl (C=O) groups excluding carboxylic acids is 2. The van der Waals surface area contributed by atoms with Crippen molar-refractivity contribution in [3.8, 4) is 0 Å². The number of methoxy groups -OCH3 is 1. The van der Waals surface area contributed by atoms with Crippen molar-refractivity contribution < 1.29 is 23.1 Å². The molecular formula is C24H27F2N5O3S. The first-order chi connectivity index (χ1) is 16.7. The highest BCUT2D eigenvalue weighted by molar-refractivity contribution is 8.15. The number of thioether (sulfide) groups is 1. The van der Waals surface area contributed by atoms with E-state index in [1.54, 1.807) is 6.92 Å². The first-order valence-corrected chi connectivity index (χ1v) is 11.7. The van der Waals surface area contributed by atoms with Gasteiger partial charge in [-0.3, -0.25) is 19.9 Å². The maximum absolute atomic E-state index is 14.7. The molecule has 0 aromatic heterocycles. The summed E-state index contributed by atoms with van der Waals surface area (Å²) in [5.74, 6) is -2.05. The van der Waals surface area contributed by atoms with Crippen LogP contribution in [0.3, 0.4) is 0 Å². The molecule has 11 heteroatoms. The van der Waals surface area contributed by atoms with Crippen molar-refractivity contribution in [3.05, 3.63) is 71.3 Å². The summed E-state index contributed by atoms with van der Waals surface area (Å²) in [7, 11) is 1.41. The van der Waals surface area contributed by atoms with Crippen molar-refractivity contribution in [1.29, 1.82) is 0 Å². The Labute approximate surface area is 206 Å². The molecule has 186 valence electrons. The maximum Gasteiger partial charge on any atom is 0.273 e. The maximum atomic E-state index is 14.7. The SMILES string of the molecule is CO[C@@H](C)C(=O)N1N=C(c2cc(F)ccc2F)SC1(CCCN=C(N)NC(C)=O)c1ccccc1.